The minimum atomic E-state index is -0.394. The first-order chi connectivity index (χ1) is 10.5. The minimum absolute atomic E-state index is 0.222. The van der Waals surface area contributed by atoms with Gasteiger partial charge in [0.2, 0.25) is 4.96 Å². The summed E-state index contributed by atoms with van der Waals surface area (Å²) in [7, 11) is 0. The zero-order valence-electron chi connectivity index (χ0n) is 12.5. The summed E-state index contributed by atoms with van der Waals surface area (Å²) >= 11 is 1.17. The molecule has 112 valence electrons. The van der Waals surface area contributed by atoms with Crippen molar-refractivity contribution in [1.82, 2.24) is 14.6 Å². The quantitative estimate of drug-likeness (QED) is 0.719. The molecule has 2 heterocycles. The highest BCUT2D eigenvalue weighted by atomic mass is 32.1. The summed E-state index contributed by atoms with van der Waals surface area (Å²) in [5.41, 5.74) is 1.77. The molecule has 3 aromatic rings. The lowest BCUT2D eigenvalue weighted by Crippen LogP contribution is -2.27. The summed E-state index contributed by atoms with van der Waals surface area (Å²) < 4.78 is 1.71. The van der Waals surface area contributed by atoms with E-state index in [1.165, 1.54) is 21.4 Å². The second-order valence-electron chi connectivity index (χ2n) is 5.43. The smallest absolute Gasteiger partial charge is 0.266 e. The van der Waals surface area contributed by atoms with E-state index < -0.39 is 5.56 Å². The van der Waals surface area contributed by atoms with Crippen LogP contribution in [0.25, 0.3) is 11.0 Å². The molecule has 0 N–H and O–H groups in total. The summed E-state index contributed by atoms with van der Waals surface area (Å²) in [5.74, 6) is 0.468. The molecule has 3 rings (SSSR count). The second kappa shape index (κ2) is 5.46. The van der Waals surface area contributed by atoms with Crippen LogP contribution in [0.1, 0.15) is 36.6 Å². The number of aromatic nitrogens is 3. The van der Waals surface area contributed by atoms with Crippen LogP contribution in [0.15, 0.2) is 33.9 Å². The fourth-order valence-corrected chi connectivity index (χ4v) is 3.02. The van der Waals surface area contributed by atoms with Gasteiger partial charge in [-0.05, 0) is 30.0 Å². The van der Waals surface area contributed by atoms with Gasteiger partial charge in [-0.3, -0.25) is 9.59 Å². The van der Waals surface area contributed by atoms with Crippen LogP contribution in [-0.4, -0.2) is 14.6 Å². The van der Waals surface area contributed by atoms with E-state index in [1.807, 2.05) is 12.1 Å². The van der Waals surface area contributed by atoms with Crippen LogP contribution in [-0.2, 0) is 0 Å². The Kier molecular flexibility index (Phi) is 3.62. The predicted molar refractivity (Wildman–Crippen MR) is 87.5 cm³/mol. The van der Waals surface area contributed by atoms with Gasteiger partial charge in [-0.25, -0.2) is 0 Å². The SMILES string of the molecule is Cc1nn2c(=O)/c(=C/c3ccc(C(C)C)cc3)sc2nc1=O. The summed E-state index contributed by atoms with van der Waals surface area (Å²) in [6.07, 6.45) is 1.80. The first kappa shape index (κ1) is 14.6. The average Bonchev–Trinajstić information content (AvgIpc) is 2.77. The zero-order valence-corrected chi connectivity index (χ0v) is 13.3. The Balaban J connectivity index is 2.15. The molecular weight excluding hydrogens is 298 g/mol. The molecule has 0 bridgehead atoms. The lowest BCUT2D eigenvalue weighted by atomic mass is 10.0. The molecule has 2 aromatic heterocycles. The number of aryl methyl sites for hydroxylation is 1. The number of hydrogen-bond donors (Lipinski definition) is 0. The number of fused-ring (bicyclic) bond motifs is 1. The third kappa shape index (κ3) is 2.57. The standard InChI is InChI=1S/C16H15N3O2S/c1-9(2)12-6-4-11(5-7-12)8-13-15(21)19-16(22-13)17-14(20)10(3)18-19/h4-9H,1-3H3/b13-8-. The molecule has 0 spiro atoms. The Morgan fingerprint density at radius 1 is 1.18 bits per heavy atom. The van der Waals surface area contributed by atoms with Gasteiger partial charge in [0, 0.05) is 0 Å². The third-order valence-corrected chi connectivity index (χ3v) is 4.40. The molecule has 0 saturated heterocycles. The molecule has 0 aliphatic rings. The molecule has 0 aliphatic heterocycles. The molecule has 5 nitrogen and oxygen atoms in total. The summed E-state index contributed by atoms with van der Waals surface area (Å²) in [6.45, 7) is 5.82. The fourth-order valence-electron chi connectivity index (χ4n) is 2.12. The van der Waals surface area contributed by atoms with Crippen LogP contribution in [0.3, 0.4) is 0 Å². The second-order valence-corrected chi connectivity index (χ2v) is 6.44. The van der Waals surface area contributed by atoms with Crippen molar-refractivity contribution in [3.8, 4) is 0 Å². The van der Waals surface area contributed by atoms with Crippen LogP contribution in [0, 0.1) is 6.92 Å². The molecular formula is C16H15N3O2S. The van der Waals surface area contributed by atoms with E-state index in [2.05, 4.69) is 36.1 Å². The topological polar surface area (TPSA) is 64.3 Å². The van der Waals surface area contributed by atoms with Gasteiger partial charge in [0.1, 0.15) is 5.69 Å². The average molecular weight is 313 g/mol. The van der Waals surface area contributed by atoms with Gasteiger partial charge in [-0.1, -0.05) is 49.4 Å². The van der Waals surface area contributed by atoms with E-state index in [0.29, 0.717) is 15.4 Å². The van der Waals surface area contributed by atoms with Crippen LogP contribution in [0.2, 0.25) is 0 Å². The van der Waals surface area contributed by atoms with Gasteiger partial charge >= 0.3 is 0 Å². The number of rotatable bonds is 2. The largest absolute Gasteiger partial charge is 0.295 e. The highest BCUT2D eigenvalue weighted by Crippen LogP contribution is 2.14. The normalized spacial score (nSPS) is 12.5. The number of nitrogens with zero attached hydrogens (tertiary/aromatic N) is 3. The fraction of sp³-hybridized carbons (Fsp3) is 0.250. The van der Waals surface area contributed by atoms with Gasteiger partial charge in [0.15, 0.2) is 0 Å². The summed E-state index contributed by atoms with van der Waals surface area (Å²) in [6, 6.07) is 8.07. The van der Waals surface area contributed by atoms with Crippen molar-refractivity contribution in [2.45, 2.75) is 26.7 Å². The van der Waals surface area contributed by atoms with E-state index in [0.717, 1.165) is 5.56 Å². The maximum absolute atomic E-state index is 12.3. The van der Waals surface area contributed by atoms with Crippen molar-refractivity contribution >= 4 is 22.4 Å². The van der Waals surface area contributed by atoms with Crippen LogP contribution >= 0.6 is 11.3 Å². The number of thiazole rings is 1. The first-order valence-electron chi connectivity index (χ1n) is 6.98. The Labute approximate surface area is 130 Å². The monoisotopic (exact) mass is 313 g/mol. The van der Waals surface area contributed by atoms with Crippen LogP contribution < -0.4 is 15.7 Å². The molecule has 0 amide bonds. The Morgan fingerprint density at radius 2 is 1.86 bits per heavy atom. The van der Waals surface area contributed by atoms with Crippen molar-refractivity contribution in [2.24, 2.45) is 0 Å². The number of benzene rings is 1. The lowest BCUT2D eigenvalue weighted by molar-refractivity contribution is 0.833. The van der Waals surface area contributed by atoms with Crippen molar-refractivity contribution < 1.29 is 0 Å². The summed E-state index contributed by atoms with van der Waals surface area (Å²) in [4.78, 5) is 28.0. The summed E-state index contributed by atoms with van der Waals surface area (Å²) in [5, 5.41) is 3.99. The maximum Gasteiger partial charge on any atom is 0.295 e. The molecule has 1 aromatic carbocycles. The van der Waals surface area contributed by atoms with E-state index in [4.69, 9.17) is 0 Å². The molecule has 0 radical (unpaired) electrons. The van der Waals surface area contributed by atoms with Gasteiger partial charge in [-0.15, -0.1) is 0 Å². The molecule has 6 heteroatoms. The molecule has 0 unspecified atom stereocenters. The van der Waals surface area contributed by atoms with E-state index in [-0.39, 0.29) is 11.3 Å². The van der Waals surface area contributed by atoms with E-state index in [1.54, 1.807) is 13.0 Å². The highest BCUT2D eigenvalue weighted by molar-refractivity contribution is 7.15. The molecule has 0 atom stereocenters. The van der Waals surface area contributed by atoms with Gasteiger partial charge in [0.25, 0.3) is 11.1 Å². The van der Waals surface area contributed by atoms with E-state index >= 15 is 0 Å². The molecule has 0 aliphatic carbocycles. The molecule has 0 saturated carbocycles. The zero-order chi connectivity index (χ0) is 15.9. The molecule has 0 fully saturated rings. The predicted octanol–water partition coefficient (Wildman–Crippen LogP) is 1.49. The van der Waals surface area contributed by atoms with Gasteiger partial charge in [0.05, 0.1) is 4.53 Å². The Hall–Kier alpha value is -2.34. The lowest BCUT2D eigenvalue weighted by Gasteiger charge is -2.04. The van der Waals surface area contributed by atoms with E-state index in [9.17, 15) is 9.59 Å². The van der Waals surface area contributed by atoms with Crippen molar-refractivity contribution in [3.05, 3.63) is 66.3 Å². The minimum Gasteiger partial charge on any atom is -0.266 e. The van der Waals surface area contributed by atoms with Crippen molar-refractivity contribution in [1.29, 1.82) is 0 Å². The Morgan fingerprint density at radius 3 is 2.50 bits per heavy atom. The maximum atomic E-state index is 12.3. The number of hydrogen-bond acceptors (Lipinski definition) is 5. The van der Waals surface area contributed by atoms with Gasteiger partial charge < -0.3 is 0 Å². The van der Waals surface area contributed by atoms with Crippen molar-refractivity contribution in [3.63, 3.8) is 0 Å². The first-order valence-corrected chi connectivity index (χ1v) is 7.79. The van der Waals surface area contributed by atoms with Crippen LogP contribution in [0.4, 0.5) is 0 Å². The third-order valence-electron chi connectivity index (χ3n) is 3.44. The Bertz CT molecular complexity index is 1000. The highest BCUT2D eigenvalue weighted by Gasteiger charge is 2.08. The van der Waals surface area contributed by atoms with Crippen molar-refractivity contribution in [2.75, 3.05) is 0 Å². The van der Waals surface area contributed by atoms with Gasteiger partial charge in [-0.2, -0.15) is 14.6 Å². The molecule has 22 heavy (non-hydrogen) atoms. The van der Waals surface area contributed by atoms with Crippen LogP contribution in [0.5, 0.6) is 0 Å².